The SMILES string of the molecule is [2H]C([2H])([2H])c1cc2c(s1)Nc1ccccc1N=C2N1C([2H])([2H])CN(C([2H])([2H])[2H])CC1([2H])[2H]. The molecule has 0 atom stereocenters. The fourth-order valence-electron chi connectivity index (χ4n) is 2.37. The summed E-state index contributed by atoms with van der Waals surface area (Å²) in [6.07, 6.45) is 0. The summed E-state index contributed by atoms with van der Waals surface area (Å²) < 4.78 is 80.4. The second-order valence-corrected chi connectivity index (χ2v) is 5.99. The lowest BCUT2D eigenvalue weighted by Crippen LogP contribution is -2.47. The average Bonchev–Trinajstić information content (AvgIpc) is 2.98. The number of nitrogens with zero attached hydrogens (tertiary/aromatic N) is 3. The van der Waals surface area contributed by atoms with E-state index in [0.717, 1.165) is 21.1 Å². The van der Waals surface area contributed by atoms with Gasteiger partial charge in [0.15, 0.2) is 0 Å². The quantitative estimate of drug-likeness (QED) is 0.806. The molecule has 0 saturated carbocycles. The van der Waals surface area contributed by atoms with Gasteiger partial charge in [-0.2, -0.15) is 0 Å². The number of hydrogen-bond donors (Lipinski definition) is 1. The van der Waals surface area contributed by atoms with Gasteiger partial charge < -0.3 is 15.1 Å². The first-order valence-electron chi connectivity index (χ1n) is 11.7. The highest BCUT2D eigenvalue weighted by Gasteiger charge is 2.25. The Morgan fingerprint density at radius 1 is 1.32 bits per heavy atom. The van der Waals surface area contributed by atoms with Gasteiger partial charge in [-0.1, -0.05) is 12.1 Å². The molecule has 2 aliphatic heterocycles. The molecule has 4 rings (SSSR count). The van der Waals surface area contributed by atoms with Crippen LogP contribution in [0.4, 0.5) is 16.4 Å². The summed E-state index contributed by atoms with van der Waals surface area (Å²) in [5.74, 6) is -0.0932. The number of rotatable bonds is 0. The highest BCUT2D eigenvalue weighted by atomic mass is 32.1. The summed E-state index contributed by atoms with van der Waals surface area (Å²) in [6, 6.07) is 8.26. The summed E-state index contributed by atoms with van der Waals surface area (Å²) in [6.45, 7) is -11.2. The van der Waals surface area contributed by atoms with Crippen LogP contribution in [0.15, 0.2) is 35.3 Å². The van der Waals surface area contributed by atoms with E-state index >= 15 is 0 Å². The minimum atomic E-state index is -2.67. The highest BCUT2D eigenvalue weighted by molar-refractivity contribution is 7.16. The molecule has 1 saturated heterocycles. The van der Waals surface area contributed by atoms with Gasteiger partial charge in [0, 0.05) is 39.2 Å². The summed E-state index contributed by atoms with van der Waals surface area (Å²) >= 11 is 0.966. The van der Waals surface area contributed by atoms with Gasteiger partial charge in [-0.05, 0) is 32.0 Å². The molecule has 4 nitrogen and oxygen atoms in total. The predicted molar refractivity (Wildman–Crippen MR) is 94.0 cm³/mol. The molecule has 0 spiro atoms. The van der Waals surface area contributed by atoms with Crippen LogP contribution in [0.2, 0.25) is 0 Å². The number of thiophene rings is 1. The number of piperazine rings is 1. The van der Waals surface area contributed by atoms with Crippen molar-refractivity contribution < 1.29 is 13.7 Å². The van der Waals surface area contributed by atoms with Gasteiger partial charge in [-0.15, -0.1) is 11.3 Å². The van der Waals surface area contributed by atoms with Crippen molar-refractivity contribution in [3.63, 3.8) is 0 Å². The maximum absolute atomic E-state index is 8.56. The molecule has 5 heteroatoms. The normalized spacial score (nSPS) is 30.5. The third kappa shape index (κ3) is 2.40. The van der Waals surface area contributed by atoms with Crippen LogP contribution in [0.1, 0.15) is 24.1 Å². The fraction of sp³-hybridized carbons (Fsp3) is 0.353. The minimum Gasteiger partial charge on any atom is -0.353 e. The van der Waals surface area contributed by atoms with Gasteiger partial charge in [-0.3, -0.25) is 0 Å². The Hall–Kier alpha value is -1.85. The van der Waals surface area contributed by atoms with E-state index in [1.165, 1.54) is 6.07 Å². The predicted octanol–water partition coefficient (Wildman–Crippen LogP) is 3.44. The molecule has 2 aromatic rings. The van der Waals surface area contributed by atoms with Crippen LogP contribution in [-0.4, -0.2) is 48.7 Å². The molecule has 114 valence electrons. The number of anilines is 2. The van der Waals surface area contributed by atoms with Gasteiger partial charge in [0.1, 0.15) is 10.8 Å². The molecule has 3 heterocycles. The lowest BCUT2D eigenvalue weighted by Gasteiger charge is -2.34. The van der Waals surface area contributed by atoms with E-state index < -0.39 is 39.9 Å². The molecule has 0 amide bonds. The maximum atomic E-state index is 8.56. The molecule has 0 unspecified atom stereocenters. The van der Waals surface area contributed by atoms with E-state index in [4.69, 9.17) is 13.7 Å². The van der Waals surface area contributed by atoms with E-state index in [0.29, 0.717) is 16.4 Å². The van der Waals surface area contributed by atoms with Crippen molar-refractivity contribution in [2.75, 3.05) is 38.4 Å². The van der Waals surface area contributed by atoms with E-state index in [9.17, 15) is 0 Å². The topological polar surface area (TPSA) is 30.9 Å². The molecule has 1 aromatic heterocycles. The average molecular weight is 323 g/mol. The van der Waals surface area contributed by atoms with Crippen molar-refractivity contribution in [3.8, 4) is 0 Å². The number of fused-ring (bicyclic) bond motifs is 2. The number of benzene rings is 1. The van der Waals surface area contributed by atoms with Crippen LogP contribution < -0.4 is 5.32 Å². The number of aliphatic imine (C=N–C) groups is 1. The van der Waals surface area contributed by atoms with Crippen LogP contribution in [0.3, 0.4) is 0 Å². The third-order valence-electron chi connectivity index (χ3n) is 3.40. The lowest BCUT2D eigenvalue weighted by molar-refractivity contribution is 0.216. The standard InChI is InChI=1S/C17H20N4S/c1-12-11-13-16(21-9-7-20(2)8-10-21)18-14-5-3-4-6-15(14)19-17(13)22-12/h3-6,11,19H,7-10H2,1-2H3/i1D3,2D3,9D2,10D2. The highest BCUT2D eigenvalue weighted by Crippen LogP contribution is 2.39. The van der Waals surface area contributed by atoms with Crippen molar-refractivity contribution >= 4 is 33.5 Å². The Bertz CT molecular complexity index is 1050. The zero-order chi connectivity index (χ0) is 23.7. The molecular weight excluding hydrogens is 292 g/mol. The largest absolute Gasteiger partial charge is 0.353 e. The van der Waals surface area contributed by atoms with Crippen molar-refractivity contribution in [1.29, 1.82) is 0 Å². The molecule has 1 aromatic carbocycles. The zero-order valence-electron chi connectivity index (χ0n) is 21.6. The van der Waals surface area contributed by atoms with Crippen molar-refractivity contribution in [3.05, 3.63) is 40.8 Å². The Balaban J connectivity index is 1.91. The molecule has 1 fully saturated rings. The smallest absolute Gasteiger partial charge is 0.139 e. The van der Waals surface area contributed by atoms with Crippen LogP contribution in [0, 0.1) is 6.85 Å². The second-order valence-electron chi connectivity index (χ2n) is 4.94. The lowest BCUT2D eigenvalue weighted by atomic mass is 10.2. The van der Waals surface area contributed by atoms with Crippen molar-refractivity contribution in [2.45, 2.75) is 6.85 Å². The number of nitrogens with one attached hydrogen (secondary N) is 1. The van der Waals surface area contributed by atoms with Gasteiger partial charge in [0.25, 0.3) is 0 Å². The Kier molecular flexibility index (Phi) is 1.65. The van der Waals surface area contributed by atoms with E-state index in [1.54, 1.807) is 24.3 Å². The third-order valence-corrected chi connectivity index (χ3v) is 4.27. The maximum Gasteiger partial charge on any atom is 0.139 e. The number of para-hydroxylation sites is 2. The molecule has 0 aliphatic carbocycles. The molecular formula is C17H20N4S. The first-order valence-corrected chi connectivity index (χ1v) is 7.56. The Morgan fingerprint density at radius 3 is 3.00 bits per heavy atom. The first-order chi connectivity index (χ1) is 14.6. The van der Waals surface area contributed by atoms with Crippen LogP contribution in [-0.2, 0) is 0 Å². The van der Waals surface area contributed by atoms with Gasteiger partial charge >= 0.3 is 0 Å². The summed E-state index contributed by atoms with van der Waals surface area (Å²) in [7, 11) is 0. The summed E-state index contributed by atoms with van der Waals surface area (Å²) in [5, 5.41) is 3.53. The number of aryl methyl sites for hydroxylation is 1. The van der Waals surface area contributed by atoms with Gasteiger partial charge in [0.05, 0.1) is 22.4 Å². The number of hydrogen-bond acceptors (Lipinski definition) is 5. The molecule has 1 N–H and O–H groups in total. The fourth-order valence-corrected chi connectivity index (χ4v) is 3.19. The first kappa shape index (κ1) is 6.72. The van der Waals surface area contributed by atoms with E-state index in [1.807, 2.05) is 0 Å². The monoisotopic (exact) mass is 322 g/mol. The van der Waals surface area contributed by atoms with Crippen LogP contribution in [0.25, 0.3) is 0 Å². The zero-order valence-corrected chi connectivity index (χ0v) is 12.4. The number of likely N-dealkylation sites (N-methyl/N-ethyl adjacent to an activating group) is 1. The van der Waals surface area contributed by atoms with E-state index in [-0.39, 0.29) is 16.3 Å². The summed E-state index contributed by atoms with van der Waals surface area (Å²) in [4.78, 5) is 6.21. The Morgan fingerprint density at radius 2 is 2.18 bits per heavy atom. The van der Waals surface area contributed by atoms with Crippen molar-refractivity contribution in [2.24, 2.45) is 4.99 Å². The molecule has 22 heavy (non-hydrogen) atoms. The molecule has 0 bridgehead atoms. The van der Waals surface area contributed by atoms with Crippen molar-refractivity contribution in [1.82, 2.24) is 9.80 Å². The minimum absolute atomic E-state index is 0.0457. The van der Waals surface area contributed by atoms with Gasteiger partial charge in [-0.25, -0.2) is 4.99 Å². The Labute approximate surface area is 149 Å². The van der Waals surface area contributed by atoms with Gasteiger partial charge in [0.2, 0.25) is 0 Å². The van der Waals surface area contributed by atoms with Crippen LogP contribution >= 0.6 is 11.3 Å². The molecule has 2 aliphatic rings. The summed E-state index contributed by atoms with van der Waals surface area (Å²) in [5.41, 5.74) is 1.23. The molecule has 0 radical (unpaired) electrons. The second kappa shape index (κ2) is 5.41. The van der Waals surface area contributed by atoms with E-state index in [2.05, 4.69) is 10.3 Å². The number of amidine groups is 1. The van der Waals surface area contributed by atoms with Crippen LogP contribution in [0.5, 0.6) is 0 Å².